The Balaban J connectivity index is 2.12. The Morgan fingerprint density at radius 3 is 2.13 bits per heavy atom. The average Bonchev–Trinajstić information content (AvgIpc) is 2.56. The van der Waals surface area contributed by atoms with Crippen molar-refractivity contribution in [2.24, 2.45) is 0 Å². The van der Waals surface area contributed by atoms with Crippen LogP contribution in [0.25, 0.3) is 0 Å². The van der Waals surface area contributed by atoms with Crippen molar-refractivity contribution in [3.05, 3.63) is 65.2 Å². The van der Waals surface area contributed by atoms with Crippen molar-refractivity contribution < 1.29 is 19.5 Å². The summed E-state index contributed by atoms with van der Waals surface area (Å²) in [6, 6.07) is 12.8. The highest BCUT2D eigenvalue weighted by Crippen LogP contribution is 2.14. The number of aromatic carboxylic acids is 1. The molecule has 2 aromatic carbocycles. The quantitative estimate of drug-likeness (QED) is 0.786. The van der Waals surface area contributed by atoms with Crippen molar-refractivity contribution in [3.8, 4) is 0 Å². The first-order valence-corrected chi connectivity index (χ1v) is 6.94. The normalized spacial score (nSPS) is 9.96. The van der Waals surface area contributed by atoms with E-state index in [4.69, 9.17) is 5.11 Å². The molecule has 0 aliphatic heterocycles. The van der Waals surface area contributed by atoms with Gasteiger partial charge in [-0.05, 0) is 29.8 Å². The largest absolute Gasteiger partial charge is 0.478 e. The van der Waals surface area contributed by atoms with Gasteiger partial charge in [-0.3, -0.25) is 9.59 Å². The lowest BCUT2D eigenvalue weighted by Gasteiger charge is -2.08. The molecule has 0 radical (unpaired) electrons. The van der Waals surface area contributed by atoms with Gasteiger partial charge in [0, 0.05) is 12.7 Å². The highest BCUT2D eigenvalue weighted by Gasteiger charge is 2.15. The van der Waals surface area contributed by atoms with Gasteiger partial charge in [0.1, 0.15) is 0 Å². The molecule has 0 saturated carbocycles. The van der Waals surface area contributed by atoms with Crippen LogP contribution >= 0.6 is 0 Å². The molecule has 0 aliphatic rings. The van der Waals surface area contributed by atoms with E-state index in [1.165, 1.54) is 12.1 Å². The van der Waals surface area contributed by atoms with E-state index in [-0.39, 0.29) is 23.5 Å². The van der Waals surface area contributed by atoms with Crippen LogP contribution in [-0.4, -0.2) is 29.9 Å². The number of likely N-dealkylation sites (N-methyl/N-ethyl adjacent to an activating group) is 1. The number of hydrogen-bond acceptors (Lipinski definition) is 3. The number of carboxylic acid groups (broad SMARTS) is 1. The molecule has 0 fully saturated rings. The lowest BCUT2D eigenvalue weighted by Crippen LogP contribution is -2.20. The summed E-state index contributed by atoms with van der Waals surface area (Å²) in [5.41, 5.74) is 1.37. The number of rotatable bonds is 5. The summed E-state index contributed by atoms with van der Waals surface area (Å²) in [5, 5.41) is 14.3. The lowest BCUT2D eigenvalue weighted by molar-refractivity contribution is -0.119. The molecule has 2 aromatic rings. The molecule has 0 spiro atoms. The van der Waals surface area contributed by atoms with Crippen molar-refractivity contribution in [2.75, 3.05) is 12.4 Å². The summed E-state index contributed by atoms with van der Waals surface area (Å²) < 4.78 is 0. The molecule has 0 bridgehead atoms. The maximum absolute atomic E-state index is 12.2. The molecule has 3 N–H and O–H groups in total. The van der Waals surface area contributed by atoms with Crippen molar-refractivity contribution in [1.82, 2.24) is 5.32 Å². The molecule has 0 aromatic heterocycles. The van der Waals surface area contributed by atoms with E-state index >= 15 is 0 Å². The minimum absolute atomic E-state index is 0.0544. The van der Waals surface area contributed by atoms with E-state index in [0.717, 1.165) is 5.56 Å². The molecule has 0 saturated heterocycles. The number of benzene rings is 2. The molecule has 0 heterocycles. The molecular weight excluding hydrogens is 296 g/mol. The van der Waals surface area contributed by atoms with Crippen LogP contribution in [-0.2, 0) is 11.2 Å². The van der Waals surface area contributed by atoms with Crippen molar-refractivity contribution in [2.45, 2.75) is 6.42 Å². The summed E-state index contributed by atoms with van der Waals surface area (Å²) in [4.78, 5) is 34.6. The fourth-order valence-electron chi connectivity index (χ4n) is 2.05. The van der Waals surface area contributed by atoms with Gasteiger partial charge in [0.2, 0.25) is 5.91 Å². The van der Waals surface area contributed by atoms with Gasteiger partial charge in [-0.2, -0.15) is 0 Å². The SMILES string of the molecule is CNC(=O)Cc1ccc(NC(=O)c2ccccc2C(=O)O)cc1. The zero-order chi connectivity index (χ0) is 16.8. The third kappa shape index (κ3) is 4.16. The topological polar surface area (TPSA) is 95.5 Å². The Labute approximate surface area is 133 Å². The molecule has 23 heavy (non-hydrogen) atoms. The van der Waals surface area contributed by atoms with Gasteiger partial charge in [0.15, 0.2) is 0 Å². The maximum atomic E-state index is 12.2. The number of nitrogens with one attached hydrogen (secondary N) is 2. The number of carbonyl (C=O) groups is 3. The van der Waals surface area contributed by atoms with E-state index in [1.807, 2.05) is 0 Å². The van der Waals surface area contributed by atoms with E-state index in [1.54, 1.807) is 43.4 Å². The number of hydrogen-bond donors (Lipinski definition) is 3. The van der Waals surface area contributed by atoms with Gasteiger partial charge in [0.05, 0.1) is 17.5 Å². The van der Waals surface area contributed by atoms with Crippen LogP contribution in [0.2, 0.25) is 0 Å². The van der Waals surface area contributed by atoms with Gasteiger partial charge >= 0.3 is 5.97 Å². The molecule has 0 atom stereocenters. The smallest absolute Gasteiger partial charge is 0.336 e. The zero-order valence-corrected chi connectivity index (χ0v) is 12.5. The number of carboxylic acids is 1. The third-order valence-corrected chi connectivity index (χ3v) is 3.26. The number of anilines is 1. The van der Waals surface area contributed by atoms with Gasteiger partial charge < -0.3 is 15.7 Å². The van der Waals surface area contributed by atoms with Gasteiger partial charge in [-0.1, -0.05) is 24.3 Å². The van der Waals surface area contributed by atoms with Crippen LogP contribution in [0.4, 0.5) is 5.69 Å². The first-order chi connectivity index (χ1) is 11.0. The second kappa shape index (κ2) is 7.22. The minimum atomic E-state index is -1.16. The fraction of sp³-hybridized carbons (Fsp3) is 0.118. The van der Waals surface area contributed by atoms with E-state index in [0.29, 0.717) is 5.69 Å². The predicted molar refractivity (Wildman–Crippen MR) is 85.6 cm³/mol. The Morgan fingerprint density at radius 2 is 1.57 bits per heavy atom. The van der Waals surface area contributed by atoms with Crippen molar-refractivity contribution in [3.63, 3.8) is 0 Å². The van der Waals surface area contributed by atoms with E-state index in [9.17, 15) is 14.4 Å². The molecule has 0 unspecified atom stereocenters. The maximum Gasteiger partial charge on any atom is 0.336 e. The summed E-state index contributed by atoms with van der Waals surface area (Å²) in [7, 11) is 1.57. The van der Waals surface area contributed by atoms with Gasteiger partial charge in [-0.25, -0.2) is 4.79 Å². The van der Waals surface area contributed by atoms with Crippen LogP contribution in [0.1, 0.15) is 26.3 Å². The fourth-order valence-corrected chi connectivity index (χ4v) is 2.05. The molecule has 2 amide bonds. The number of amides is 2. The second-order valence-corrected chi connectivity index (χ2v) is 4.85. The van der Waals surface area contributed by atoms with E-state index in [2.05, 4.69) is 10.6 Å². The highest BCUT2D eigenvalue weighted by molar-refractivity contribution is 6.10. The Kier molecular flexibility index (Phi) is 5.09. The molecule has 118 valence electrons. The van der Waals surface area contributed by atoms with E-state index < -0.39 is 11.9 Å². The average molecular weight is 312 g/mol. The summed E-state index contributed by atoms with van der Waals surface area (Å²) >= 11 is 0. The molecule has 6 nitrogen and oxygen atoms in total. The Hall–Kier alpha value is -3.15. The summed E-state index contributed by atoms with van der Waals surface area (Å²) in [6.07, 6.45) is 0.257. The molecule has 6 heteroatoms. The zero-order valence-electron chi connectivity index (χ0n) is 12.5. The van der Waals surface area contributed by atoms with Crippen LogP contribution in [0.3, 0.4) is 0 Å². The van der Waals surface area contributed by atoms with Crippen molar-refractivity contribution in [1.29, 1.82) is 0 Å². The standard InChI is InChI=1S/C17H16N2O4/c1-18-15(20)10-11-6-8-12(9-7-11)19-16(21)13-4-2-3-5-14(13)17(22)23/h2-9H,10H2,1H3,(H,18,20)(H,19,21)(H,22,23). The molecular formula is C17H16N2O4. The van der Waals surface area contributed by atoms with Crippen LogP contribution in [0.5, 0.6) is 0 Å². The summed E-state index contributed by atoms with van der Waals surface area (Å²) in [6.45, 7) is 0. The summed E-state index contributed by atoms with van der Waals surface area (Å²) in [5.74, 6) is -1.75. The molecule has 0 aliphatic carbocycles. The highest BCUT2D eigenvalue weighted by atomic mass is 16.4. The lowest BCUT2D eigenvalue weighted by atomic mass is 10.1. The van der Waals surface area contributed by atoms with Crippen molar-refractivity contribution >= 4 is 23.5 Å². The first-order valence-electron chi connectivity index (χ1n) is 6.94. The van der Waals surface area contributed by atoms with Gasteiger partial charge in [0.25, 0.3) is 5.91 Å². The monoisotopic (exact) mass is 312 g/mol. The Bertz CT molecular complexity index is 739. The van der Waals surface area contributed by atoms with Crippen LogP contribution in [0, 0.1) is 0 Å². The predicted octanol–water partition coefficient (Wildman–Crippen LogP) is 1.93. The number of carbonyl (C=O) groups excluding carboxylic acids is 2. The second-order valence-electron chi connectivity index (χ2n) is 4.85. The first kappa shape index (κ1) is 16.2. The Morgan fingerprint density at radius 1 is 0.957 bits per heavy atom. The van der Waals surface area contributed by atoms with Crippen LogP contribution in [0.15, 0.2) is 48.5 Å². The molecule has 2 rings (SSSR count). The van der Waals surface area contributed by atoms with Crippen LogP contribution < -0.4 is 10.6 Å². The minimum Gasteiger partial charge on any atom is -0.478 e. The third-order valence-electron chi connectivity index (χ3n) is 3.26. The van der Waals surface area contributed by atoms with Gasteiger partial charge in [-0.15, -0.1) is 0 Å².